The molecule has 2 amide bonds. The number of carboxylic acid groups (broad SMARTS) is 1. The number of ether oxygens (including phenoxy) is 1. The van der Waals surface area contributed by atoms with E-state index in [4.69, 9.17) is 9.84 Å². The number of likely N-dealkylation sites (tertiary alicyclic amines) is 1. The number of rotatable bonds is 3. The Kier molecular flexibility index (Phi) is 4.74. The van der Waals surface area contributed by atoms with Crippen molar-refractivity contribution < 1.29 is 24.2 Å². The molecule has 7 heteroatoms. The minimum absolute atomic E-state index is 0.251. The number of carbonyl (C=O) groups excluding carboxylic acids is 2. The highest BCUT2D eigenvalue weighted by Gasteiger charge is 2.33. The topological polar surface area (TPSA) is 95.9 Å². The molecule has 0 spiro atoms. The summed E-state index contributed by atoms with van der Waals surface area (Å²) in [5.74, 6) is -1.42. The molecule has 1 unspecified atom stereocenters. The summed E-state index contributed by atoms with van der Waals surface area (Å²) >= 11 is 0. The minimum atomic E-state index is -1.01. The van der Waals surface area contributed by atoms with Crippen LogP contribution in [0.4, 0.5) is 4.79 Å². The first-order valence-corrected chi connectivity index (χ1v) is 6.20. The standard InChI is InChI=1S/C12H20N2O5/c1-12(2,3)19-11(18)13-7-9(15)14-6-4-5-8(14)10(16)17/h8H,4-7H2,1-3H3,(H,13,18)(H,16,17). The van der Waals surface area contributed by atoms with E-state index in [2.05, 4.69) is 5.32 Å². The average Bonchev–Trinajstić information content (AvgIpc) is 2.72. The molecule has 0 saturated carbocycles. The average molecular weight is 272 g/mol. The minimum Gasteiger partial charge on any atom is -0.480 e. The Labute approximate surface area is 111 Å². The van der Waals surface area contributed by atoms with Crippen molar-refractivity contribution in [2.24, 2.45) is 0 Å². The van der Waals surface area contributed by atoms with Gasteiger partial charge in [0.15, 0.2) is 0 Å². The molecule has 0 aromatic carbocycles. The number of hydrogen-bond acceptors (Lipinski definition) is 4. The molecule has 1 heterocycles. The Balaban J connectivity index is 2.43. The third-order valence-corrected chi connectivity index (χ3v) is 2.64. The van der Waals surface area contributed by atoms with Crippen molar-refractivity contribution in [3.8, 4) is 0 Å². The predicted molar refractivity (Wildman–Crippen MR) is 66.6 cm³/mol. The number of carbonyl (C=O) groups is 3. The van der Waals surface area contributed by atoms with E-state index in [9.17, 15) is 14.4 Å². The van der Waals surface area contributed by atoms with E-state index in [0.717, 1.165) is 0 Å². The van der Waals surface area contributed by atoms with Crippen LogP contribution < -0.4 is 5.32 Å². The quantitative estimate of drug-likeness (QED) is 0.783. The largest absolute Gasteiger partial charge is 0.480 e. The highest BCUT2D eigenvalue weighted by molar-refractivity contribution is 5.87. The number of amides is 2. The summed E-state index contributed by atoms with van der Waals surface area (Å²) in [4.78, 5) is 35.4. The molecule has 1 rings (SSSR count). The van der Waals surface area contributed by atoms with Gasteiger partial charge in [0, 0.05) is 6.54 Å². The molecule has 1 fully saturated rings. The van der Waals surface area contributed by atoms with Crippen molar-refractivity contribution >= 4 is 18.0 Å². The highest BCUT2D eigenvalue weighted by Crippen LogP contribution is 2.17. The fourth-order valence-corrected chi connectivity index (χ4v) is 1.89. The lowest BCUT2D eigenvalue weighted by Crippen LogP contribution is -2.46. The molecule has 1 saturated heterocycles. The van der Waals surface area contributed by atoms with Crippen LogP contribution in [0.2, 0.25) is 0 Å². The Hall–Kier alpha value is -1.79. The van der Waals surface area contributed by atoms with Gasteiger partial charge in [-0.25, -0.2) is 9.59 Å². The van der Waals surface area contributed by atoms with Gasteiger partial charge in [-0.15, -0.1) is 0 Å². The Bertz CT molecular complexity index is 375. The Morgan fingerprint density at radius 2 is 2.00 bits per heavy atom. The third-order valence-electron chi connectivity index (χ3n) is 2.64. The summed E-state index contributed by atoms with van der Waals surface area (Å²) in [6, 6.07) is -0.784. The maximum Gasteiger partial charge on any atom is 0.408 e. The second-order valence-electron chi connectivity index (χ2n) is 5.44. The molecular weight excluding hydrogens is 252 g/mol. The molecule has 7 nitrogen and oxygen atoms in total. The van der Waals surface area contributed by atoms with E-state index in [1.807, 2.05) is 0 Å². The first kappa shape index (κ1) is 15.3. The highest BCUT2D eigenvalue weighted by atomic mass is 16.6. The normalized spacial score (nSPS) is 19.1. The molecule has 0 aromatic rings. The van der Waals surface area contributed by atoms with Gasteiger partial charge >= 0.3 is 12.1 Å². The zero-order valence-corrected chi connectivity index (χ0v) is 11.4. The van der Waals surface area contributed by atoms with Gasteiger partial charge < -0.3 is 20.1 Å². The van der Waals surface area contributed by atoms with Gasteiger partial charge in [-0.05, 0) is 33.6 Å². The predicted octanol–water partition coefficient (Wildman–Crippen LogP) is 0.587. The molecule has 0 radical (unpaired) electrons. The summed E-state index contributed by atoms with van der Waals surface area (Å²) in [7, 11) is 0. The van der Waals surface area contributed by atoms with Crippen molar-refractivity contribution in [3.05, 3.63) is 0 Å². The number of aliphatic carboxylic acids is 1. The number of nitrogens with zero attached hydrogens (tertiary/aromatic N) is 1. The smallest absolute Gasteiger partial charge is 0.408 e. The van der Waals surface area contributed by atoms with Gasteiger partial charge in [0.05, 0.1) is 0 Å². The first-order valence-electron chi connectivity index (χ1n) is 6.20. The lowest BCUT2D eigenvalue weighted by atomic mass is 10.2. The molecule has 108 valence electrons. The van der Waals surface area contributed by atoms with Crippen LogP contribution in [0, 0.1) is 0 Å². The van der Waals surface area contributed by atoms with E-state index >= 15 is 0 Å². The number of alkyl carbamates (subject to hydrolysis) is 1. The second kappa shape index (κ2) is 5.90. The zero-order valence-electron chi connectivity index (χ0n) is 11.4. The summed E-state index contributed by atoms with van der Waals surface area (Å²) in [6.45, 7) is 5.31. The van der Waals surface area contributed by atoms with Crippen molar-refractivity contribution in [3.63, 3.8) is 0 Å². The van der Waals surface area contributed by atoms with Crippen LogP contribution in [-0.4, -0.2) is 52.7 Å². The summed E-state index contributed by atoms with van der Waals surface area (Å²) in [5, 5.41) is 11.3. The van der Waals surface area contributed by atoms with Crippen LogP contribution in [0.15, 0.2) is 0 Å². The van der Waals surface area contributed by atoms with Crippen molar-refractivity contribution in [2.75, 3.05) is 13.1 Å². The van der Waals surface area contributed by atoms with E-state index in [0.29, 0.717) is 19.4 Å². The summed E-state index contributed by atoms with van der Waals surface area (Å²) < 4.78 is 4.99. The van der Waals surface area contributed by atoms with Crippen LogP contribution in [0.5, 0.6) is 0 Å². The lowest BCUT2D eigenvalue weighted by Gasteiger charge is -2.23. The number of hydrogen-bond donors (Lipinski definition) is 2. The SMILES string of the molecule is CC(C)(C)OC(=O)NCC(=O)N1CCCC1C(=O)O. The maximum atomic E-state index is 11.8. The van der Waals surface area contributed by atoms with Gasteiger partial charge in [-0.1, -0.05) is 0 Å². The van der Waals surface area contributed by atoms with Crippen LogP contribution in [-0.2, 0) is 14.3 Å². The maximum absolute atomic E-state index is 11.8. The zero-order chi connectivity index (χ0) is 14.6. The van der Waals surface area contributed by atoms with Crippen LogP contribution >= 0.6 is 0 Å². The van der Waals surface area contributed by atoms with Gasteiger partial charge in [-0.3, -0.25) is 4.79 Å². The van der Waals surface area contributed by atoms with Gasteiger partial charge in [-0.2, -0.15) is 0 Å². The van der Waals surface area contributed by atoms with Gasteiger partial charge in [0.1, 0.15) is 18.2 Å². The molecule has 1 aliphatic heterocycles. The number of carboxylic acids is 1. The van der Waals surface area contributed by atoms with Crippen molar-refractivity contribution in [1.82, 2.24) is 10.2 Å². The molecule has 1 atom stereocenters. The fraction of sp³-hybridized carbons (Fsp3) is 0.750. The van der Waals surface area contributed by atoms with E-state index in [1.54, 1.807) is 20.8 Å². The van der Waals surface area contributed by atoms with Crippen molar-refractivity contribution in [2.45, 2.75) is 45.3 Å². The van der Waals surface area contributed by atoms with Crippen LogP contribution in [0.3, 0.4) is 0 Å². The van der Waals surface area contributed by atoms with Crippen LogP contribution in [0.1, 0.15) is 33.6 Å². The van der Waals surface area contributed by atoms with E-state index in [1.165, 1.54) is 4.90 Å². The molecular formula is C12H20N2O5. The second-order valence-corrected chi connectivity index (χ2v) is 5.44. The third kappa shape index (κ3) is 4.76. The molecule has 19 heavy (non-hydrogen) atoms. The van der Waals surface area contributed by atoms with Crippen LogP contribution in [0.25, 0.3) is 0 Å². The molecule has 0 aromatic heterocycles. The summed E-state index contributed by atoms with van der Waals surface area (Å²) in [6.07, 6.45) is 0.426. The Morgan fingerprint density at radius 3 is 2.53 bits per heavy atom. The fourth-order valence-electron chi connectivity index (χ4n) is 1.89. The Morgan fingerprint density at radius 1 is 1.37 bits per heavy atom. The van der Waals surface area contributed by atoms with Gasteiger partial charge in [0.25, 0.3) is 0 Å². The first-order chi connectivity index (χ1) is 8.70. The van der Waals surface area contributed by atoms with Gasteiger partial charge in [0.2, 0.25) is 5.91 Å². The molecule has 2 N–H and O–H groups in total. The van der Waals surface area contributed by atoms with E-state index in [-0.39, 0.29) is 6.54 Å². The molecule has 0 bridgehead atoms. The lowest BCUT2D eigenvalue weighted by molar-refractivity contribution is -0.147. The summed E-state index contributed by atoms with van der Waals surface area (Å²) in [5.41, 5.74) is -0.635. The molecule has 1 aliphatic rings. The monoisotopic (exact) mass is 272 g/mol. The molecule has 0 aliphatic carbocycles. The van der Waals surface area contributed by atoms with Crippen molar-refractivity contribution in [1.29, 1.82) is 0 Å². The number of nitrogens with one attached hydrogen (secondary N) is 1. The van der Waals surface area contributed by atoms with E-state index < -0.39 is 29.6 Å².